The second kappa shape index (κ2) is 6.43. The molecule has 0 spiro atoms. The Kier molecular flexibility index (Phi) is 5.19. The van der Waals surface area contributed by atoms with Crippen LogP contribution in [0.3, 0.4) is 0 Å². The highest BCUT2D eigenvalue weighted by molar-refractivity contribution is 5.42. The smallest absolute Gasteiger partial charge is 0.267 e. The number of halogens is 2. The van der Waals surface area contributed by atoms with E-state index in [4.69, 9.17) is 10.5 Å². The van der Waals surface area contributed by atoms with Crippen molar-refractivity contribution in [2.24, 2.45) is 5.73 Å². The Hall–Kier alpha value is -1.16. The molecule has 0 unspecified atom stereocenters. The molecule has 0 fully saturated rings. The maximum Gasteiger partial charge on any atom is 0.267 e. The van der Waals surface area contributed by atoms with Gasteiger partial charge in [0.25, 0.3) is 6.43 Å². The number of para-hydroxylation sites is 1. The topological polar surface area (TPSA) is 35.2 Å². The molecule has 0 aliphatic carbocycles. The molecule has 0 saturated carbocycles. The quantitative estimate of drug-likeness (QED) is 0.761. The molecule has 0 aliphatic rings. The molecule has 0 amide bonds. The van der Waals surface area contributed by atoms with Gasteiger partial charge in [0.15, 0.2) is 0 Å². The second-order valence-electron chi connectivity index (χ2n) is 3.59. The normalized spacial score (nSPS) is 10.8. The lowest BCUT2D eigenvalue weighted by molar-refractivity contribution is 0.147. The van der Waals surface area contributed by atoms with Crippen LogP contribution in [0.5, 0.6) is 5.75 Å². The third-order valence-corrected chi connectivity index (χ3v) is 2.47. The van der Waals surface area contributed by atoms with Gasteiger partial charge >= 0.3 is 0 Å². The number of methoxy groups -OCH3 is 1. The Morgan fingerprint density at radius 1 is 1.31 bits per heavy atom. The van der Waals surface area contributed by atoms with Crippen LogP contribution in [0.15, 0.2) is 18.2 Å². The first-order valence-corrected chi connectivity index (χ1v) is 5.34. The maximum atomic E-state index is 12.7. The lowest BCUT2D eigenvalue weighted by Crippen LogP contribution is -2.01. The summed E-state index contributed by atoms with van der Waals surface area (Å²) < 4.78 is 30.4. The summed E-state index contributed by atoms with van der Waals surface area (Å²) in [7, 11) is 1.42. The van der Waals surface area contributed by atoms with E-state index in [0.717, 1.165) is 24.8 Å². The predicted octanol–water partition coefficient (Wildman–Crippen LogP) is 2.91. The Labute approximate surface area is 94.4 Å². The SMILES string of the molecule is COc1c(CCCCN)cccc1C(F)F. The third-order valence-electron chi connectivity index (χ3n) is 2.47. The fraction of sp³-hybridized carbons (Fsp3) is 0.500. The molecule has 0 heterocycles. The summed E-state index contributed by atoms with van der Waals surface area (Å²) in [5, 5.41) is 0. The first-order chi connectivity index (χ1) is 7.70. The molecule has 16 heavy (non-hydrogen) atoms. The van der Waals surface area contributed by atoms with Crippen LogP contribution in [-0.4, -0.2) is 13.7 Å². The van der Waals surface area contributed by atoms with Crippen molar-refractivity contribution < 1.29 is 13.5 Å². The zero-order chi connectivity index (χ0) is 12.0. The Bertz CT molecular complexity index is 329. The highest BCUT2D eigenvalue weighted by Gasteiger charge is 2.16. The van der Waals surface area contributed by atoms with Gasteiger partial charge in [0.05, 0.1) is 12.7 Å². The van der Waals surface area contributed by atoms with Crippen molar-refractivity contribution >= 4 is 0 Å². The van der Waals surface area contributed by atoms with Gasteiger partial charge in [-0.2, -0.15) is 0 Å². The third kappa shape index (κ3) is 3.17. The summed E-state index contributed by atoms with van der Waals surface area (Å²) in [4.78, 5) is 0. The lowest BCUT2D eigenvalue weighted by Gasteiger charge is -2.12. The molecule has 0 atom stereocenters. The molecular formula is C12H17F2NO. The van der Waals surface area contributed by atoms with Crippen LogP contribution in [0, 0.1) is 0 Å². The highest BCUT2D eigenvalue weighted by Crippen LogP contribution is 2.32. The van der Waals surface area contributed by atoms with E-state index >= 15 is 0 Å². The van der Waals surface area contributed by atoms with Gasteiger partial charge in [-0.25, -0.2) is 8.78 Å². The van der Waals surface area contributed by atoms with Crippen molar-refractivity contribution in [3.8, 4) is 5.75 Å². The summed E-state index contributed by atoms with van der Waals surface area (Å²) in [6.07, 6.45) is 0.00661. The second-order valence-corrected chi connectivity index (χ2v) is 3.59. The molecule has 4 heteroatoms. The van der Waals surface area contributed by atoms with Crippen LogP contribution in [0.1, 0.15) is 30.4 Å². The first-order valence-electron chi connectivity index (χ1n) is 5.34. The summed E-state index contributed by atoms with van der Waals surface area (Å²) in [6.45, 7) is 0.622. The average Bonchev–Trinajstić information content (AvgIpc) is 2.29. The van der Waals surface area contributed by atoms with Gasteiger partial charge in [-0.1, -0.05) is 12.1 Å². The lowest BCUT2D eigenvalue weighted by atomic mass is 10.0. The van der Waals surface area contributed by atoms with Crippen LogP contribution >= 0.6 is 0 Å². The zero-order valence-electron chi connectivity index (χ0n) is 9.38. The van der Waals surface area contributed by atoms with Gasteiger partial charge < -0.3 is 10.5 Å². The van der Waals surface area contributed by atoms with Gasteiger partial charge in [0, 0.05) is 0 Å². The van der Waals surface area contributed by atoms with E-state index in [1.807, 2.05) is 6.07 Å². The van der Waals surface area contributed by atoms with E-state index < -0.39 is 6.43 Å². The fourth-order valence-electron chi connectivity index (χ4n) is 1.68. The van der Waals surface area contributed by atoms with Gasteiger partial charge in [-0.05, 0) is 37.4 Å². The average molecular weight is 229 g/mol. The number of aryl methyl sites for hydroxylation is 1. The summed E-state index contributed by atoms with van der Waals surface area (Å²) in [5.74, 6) is 0.314. The van der Waals surface area contributed by atoms with Gasteiger partial charge in [0.2, 0.25) is 0 Å². The van der Waals surface area contributed by atoms with Crippen LogP contribution in [0.2, 0.25) is 0 Å². The molecule has 1 rings (SSSR count). The number of nitrogens with two attached hydrogens (primary N) is 1. The monoisotopic (exact) mass is 229 g/mol. The van der Waals surface area contributed by atoms with E-state index in [0.29, 0.717) is 12.3 Å². The summed E-state index contributed by atoms with van der Waals surface area (Å²) >= 11 is 0. The van der Waals surface area contributed by atoms with Gasteiger partial charge in [-0.15, -0.1) is 0 Å². The van der Waals surface area contributed by atoms with E-state index in [1.54, 1.807) is 6.07 Å². The van der Waals surface area contributed by atoms with Crippen LogP contribution in [0.4, 0.5) is 8.78 Å². The first kappa shape index (κ1) is 12.9. The molecule has 1 aromatic rings. The molecule has 0 bridgehead atoms. The molecule has 1 aromatic carbocycles. The van der Waals surface area contributed by atoms with E-state index in [1.165, 1.54) is 13.2 Å². The Morgan fingerprint density at radius 2 is 2.06 bits per heavy atom. The molecule has 0 radical (unpaired) electrons. The van der Waals surface area contributed by atoms with E-state index in [2.05, 4.69) is 0 Å². The highest BCUT2D eigenvalue weighted by atomic mass is 19.3. The molecule has 2 N–H and O–H groups in total. The maximum absolute atomic E-state index is 12.7. The number of unbranched alkanes of at least 4 members (excludes halogenated alkanes) is 1. The minimum Gasteiger partial charge on any atom is -0.496 e. The van der Waals surface area contributed by atoms with Crippen molar-refractivity contribution in [2.45, 2.75) is 25.7 Å². The summed E-state index contributed by atoms with van der Waals surface area (Å²) in [5.41, 5.74) is 6.18. The van der Waals surface area contributed by atoms with Crippen molar-refractivity contribution in [1.29, 1.82) is 0 Å². The number of ether oxygens (including phenoxy) is 1. The summed E-state index contributed by atoms with van der Waals surface area (Å²) in [6, 6.07) is 4.86. The standard InChI is InChI=1S/C12H17F2NO/c1-16-11-9(5-2-3-8-15)6-4-7-10(11)12(13)14/h4,6-7,12H,2-3,5,8,15H2,1H3. The van der Waals surface area contributed by atoms with Gasteiger partial charge in [-0.3, -0.25) is 0 Å². The van der Waals surface area contributed by atoms with Crippen LogP contribution in [-0.2, 0) is 6.42 Å². The number of hydrogen-bond donors (Lipinski definition) is 1. The van der Waals surface area contributed by atoms with E-state index in [-0.39, 0.29) is 5.56 Å². The number of hydrogen-bond acceptors (Lipinski definition) is 2. The molecule has 90 valence electrons. The predicted molar refractivity (Wildman–Crippen MR) is 59.9 cm³/mol. The zero-order valence-corrected chi connectivity index (χ0v) is 9.38. The minimum atomic E-state index is -2.50. The van der Waals surface area contributed by atoms with E-state index in [9.17, 15) is 8.78 Å². The van der Waals surface area contributed by atoms with Gasteiger partial charge in [0.1, 0.15) is 5.75 Å². The molecule has 0 aromatic heterocycles. The fourth-order valence-corrected chi connectivity index (χ4v) is 1.68. The van der Waals surface area contributed by atoms with Crippen molar-refractivity contribution in [1.82, 2.24) is 0 Å². The van der Waals surface area contributed by atoms with Crippen molar-refractivity contribution in [2.75, 3.05) is 13.7 Å². The molecule has 0 saturated heterocycles. The van der Waals surface area contributed by atoms with Crippen LogP contribution in [0.25, 0.3) is 0 Å². The van der Waals surface area contributed by atoms with Crippen molar-refractivity contribution in [3.05, 3.63) is 29.3 Å². The van der Waals surface area contributed by atoms with Crippen LogP contribution < -0.4 is 10.5 Å². The molecular weight excluding hydrogens is 212 g/mol. The Morgan fingerprint density at radius 3 is 2.62 bits per heavy atom. The minimum absolute atomic E-state index is 0.0345. The molecule has 0 aliphatic heterocycles. The number of alkyl halides is 2. The molecule has 2 nitrogen and oxygen atoms in total. The van der Waals surface area contributed by atoms with Crippen molar-refractivity contribution in [3.63, 3.8) is 0 Å². The largest absolute Gasteiger partial charge is 0.496 e. The number of benzene rings is 1. The Balaban J connectivity index is 2.86. The number of rotatable bonds is 6.